The van der Waals surface area contributed by atoms with Gasteiger partial charge in [0.05, 0.1) is 11.0 Å². The third-order valence-electron chi connectivity index (χ3n) is 6.93. The second kappa shape index (κ2) is 9.44. The number of nitrogens with one attached hydrogen (secondary N) is 1. The molecule has 0 saturated carbocycles. The maximum atomic E-state index is 13.5. The number of aromatic nitrogens is 3. The Morgan fingerprint density at radius 2 is 1.56 bits per heavy atom. The Kier molecular flexibility index (Phi) is 5.84. The highest BCUT2D eigenvalue weighted by Crippen LogP contribution is 2.35. The van der Waals surface area contributed by atoms with Crippen molar-refractivity contribution in [3.8, 4) is 11.3 Å². The van der Waals surface area contributed by atoms with Crippen LogP contribution in [0.25, 0.3) is 44.0 Å². The molecule has 0 aliphatic heterocycles. The van der Waals surface area contributed by atoms with E-state index in [1.54, 1.807) is 0 Å². The van der Waals surface area contributed by atoms with Gasteiger partial charge in [0.1, 0.15) is 5.69 Å². The molecule has 3 N–H and O–H groups in total. The Balaban J connectivity index is 1.62. The van der Waals surface area contributed by atoms with Gasteiger partial charge < -0.3 is 15.3 Å². The average Bonchev–Trinajstić information content (AvgIpc) is 3.20. The Hall–Kier alpha value is -4.22. The number of unbranched alkanes of at least 4 members (excludes halogenated alkanes) is 1. The number of hydrogen-bond acceptors (Lipinski definition) is 3. The predicted octanol–water partition coefficient (Wildman–Crippen LogP) is 6.03. The van der Waals surface area contributed by atoms with Crippen molar-refractivity contribution in [2.45, 2.75) is 25.8 Å². The maximum absolute atomic E-state index is 13.5. The molecule has 36 heavy (non-hydrogen) atoms. The first-order valence-electron chi connectivity index (χ1n) is 12.5. The number of nitrogens with two attached hydrogens (primary N) is 1. The summed E-state index contributed by atoms with van der Waals surface area (Å²) in [4.78, 5) is 21.6. The zero-order valence-corrected chi connectivity index (χ0v) is 20.1. The number of aryl methyl sites for hydroxylation is 1. The van der Waals surface area contributed by atoms with Gasteiger partial charge in [0.2, 0.25) is 0 Å². The monoisotopic (exact) mass is 472 g/mol. The molecule has 5 heteroatoms. The van der Waals surface area contributed by atoms with Crippen molar-refractivity contribution in [2.75, 3.05) is 6.54 Å². The highest BCUT2D eigenvalue weighted by Gasteiger charge is 2.22. The Bertz CT molecular complexity index is 1750. The minimum absolute atomic E-state index is 0.169. The van der Waals surface area contributed by atoms with Crippen LogP contribution < -0.4 is 11.3 Å². The summed E-state index contributed by atoms with van der Waals surface area (Å²) >= 11 is 0. The van der Waals surface area contributed by atoms with Crippen LogP contribution >= 0.6 is 0 Å². The van der Waals surface area contributed by atoms with E-state index < -0.39 is 0 Å². The molecule has 0 unspecified atom stereocenters. The number of benzene rings is 4. The summed E-state index contributed by atoms with van der Waals surface area (Å²) in [5.74, 6) is 0. The van der Waals surface area contributed by atoms with Crippen LogP contribution in [0.2, 0.25) is 0 Å². The number of aromatic amines is 1. The summed E-state index contributed by atoms with van der Waals surface area (Å²) in [5, 5.41) is 3.23. The summed E-state index contributed by atoms with van der Waals surface area (Å²) in [6.07, 6.45) is 2.64. The number of para-hydroxylation sites is 1. The molecule has 5 nitrogen and oxygen atoms in total. The minimum Gasteiger partial charge on any atom is -0.344 e. The first-order chi connectivity index (χ1) is 17.7. The molecule has 0 aliphatic carbocycles. The summed E-state index contributed by atoms with van der Waals surface area (Å²) in [5.41, 5.74) is 12.0. The van der Waals surface area contributed by atoms with Gasteiger partial charge in [-0.25, -0.2) is 4.98 Å². The normalized spacial score (nSPS) is 11.6. The summed E-state index contributed by atoms with van der Waals surface area (Å²) < 4.78 is 2.36. The van der Waals surface area contributed by atoms with Gasteiger partial charge in [0, 0.05) is 35.1 Å². The van der Waals surface area contributed by atoms with Crippen LogP contribution in [0, 0.1) is 0 Å². The number of nitrogens with zero attached hydrogens (tertiary/aromatic N) is 2. The molecule has 0 atom stereocenters. The first-order valence-corrected chi connectivity index (χ1v) is 12.5. The van der Waals surface area contributed by atoms with Gasteiger partial charge >= 0.3 is 0 Å². The van der Waals surface area contributed by atoms with E-state index in [-0.39, 0.29) is 5.56 Å². The highest BCUT2D eigenvalue weighted by atomic mass is 16.1. The SMILES string of the molecule is NCCCCn1c(Cc2ccccc2)c(-c2nc3cc4ccccc4cc3[nH]c2=O)c2ccccc21. The highest BCUT2D eigenvalue weighted by molar-refractivity contribution is 5.99. The minimum atomic E-state index is -0.169. The quantitative estimate of drug-likeness (QED) is 0.220. The standard InChI is InChI=1S/C31H28N4O/c32-16-8-9-17-35-27-15-7-6-14-24(27)29(28(35)18-21-10-2-1-3-11-21)30-31(36)34-26-20-23-13-5-4-12-22(23)19-25(26)33-30/h1-7,10-15,19-20H,8-9,16-18,32H2,(H,34,36). The molecular weight excluding hydrogens is 444 g/mol. The first kappa shape index (κ1) is 22.3. The zero-order valence-electron chi connectivity index (χ0n) is 20.1. The Morgan fingerprint density at radius 3 is 2.36 bits per heavy atom. The van der Waals surface area contributed by atoms with Crippen molar-refractivity contribution in [3.63, 3.8) is 0 Å². The molecule has 0 bridgehead atoms. The van der Waals surface area contributed by atoms with Gasteiger partial charge in [0.15, 0.2) is 0 Å². The molecule has 4 aromatic carbocycles. The van der Waals surface area contributed by atoms with E-state index in [1.165, 1.54) is 5.56 Å². The van der Waals surface area contributed by atoms with E-state index in [2.05, 4.69) is 64.1 Å². The van der Waals surface area contributed by atoms with Crippen LogP contribution in [0.3, 0.4) is 0 Å². The van der Waals surface area contributed by atoms with E-state index in [4.69, 9.17) is 10.7 Å². The largest absolute Gasteiger partial charge is 0.344 e. The number of H-pyrrole nitrogens is 1. The van der Waals surface area contributed by atoms with Gasteiger partial charge in [0.25, 0.3) is 5.56 Å². The maximum Gasteiger partial charge on any atom is 0.275 e. The van der Waals surface area contributed by atoms with Crippen LogP contribution in [0.4, 0.5) is 0 Å². The lowest BCUT2D eigenvalue weighted by Gasteiger charge is -2.13. The lowest BCUT2D eigenvalue weighted by atomic mass is 10.0. The fourth-order valence-corrected chi connectivity index (χ4v) is 5.21. The van der Waals surface area contributed by atoms with Crippen LogP contribution in [0.15, 0.2) is 95.8 Å². The van der Waals surface area contributed by atoms with Crippen LogP contribution in [-0.4, -0.2) is 21.1 Å². The Labute approximate surface area is 209 Å². The topological polar surface area (TPSA) is 76.7 Å². The third kappa shape index (κ3) is 3.97. The summed E-state index contributed by atoms with van der Waals surface area (Å²) in [6, 6.07) is 31.0. The number of hydrogen-bond donors (Lipinski definition) is 2. The molecule has 0 spiro atoms. The number of rotatable bonds is 7. The van der Waals surface area contributed by atoms with Crippen molar-refractivity contribution in [1.82, 2.24) is 14.5 Å². The second-order valence-corrected chi connectivity index (χ2v) is 9.28. The van der Waals surface area contributed by atoms with Crippen molar-refractivity contribution in [2.24, 2.45) is 5.73 Å². The molecule has 0 amide bonds. The fourth-order valence-electron chi connectivity index (χ4n) is 5.21. The van der Waals surface area contributed by atoms with E-state index in [1.807, 2.05) is 36.4 Å². The lowest BCUT2D eigenvalue weighted by Crippen LogP contribution is -2.13. The molecule has 6 aromatic rings. The van der Waals surface area contributed by atoms with E-state index >= 15 is 0 Å². The van der Waals surface area contributed by atoms with Crippen LogP contribution in [-0.2, 0) is 13.0 Å². The van der Waals surface area contributed by atoms with E-state index in [0.29, 0.717) is 18.7 Å². The third-order valence-corrected chi connectivity index (χ3v) is 6.93. The molecule has 2 aromatic heterocycles. The van der Waals surface area contributed by atoms with Gasteiger partial charge in [-0.3, -0.25) is 4.79 Å². The van der Waals surface area contributed by atoms with E-state index in [0.717, 1.165) is 63.4 Å². The summed E-state index contributed by atoms with van der Waals surface area (Å²) in [6.45, 7) is 1.51. The molecule has 0 radical (unpaired) electrons. The van der Waals surface area contributed by atoms with Crippen molar-refractivity contribution >= 4 is 32.7 Å². The summed E-state index contributed by atoms with van der Waals surface area (Å²) in [7, 11) is 0. The number of fused-ring (bicyclic) bond motifs is 3. The van der Waals surface area contributed by atoms with Gasteiger partial charge in [-0.2, -0.15) is 0 Å². The molecule has 178 valence electrons. The molecule has 2 heterocycles. The fraction of sp³-hybridized carbons (Fsp3) is 0.161. The lowest BCUT2D eigenvalue weighted by molar-refractivity contribution is 0.615. The van der Waals surface area contributed by atoms with Crippen LogP contribution in [0.1, 0.15) is 24.1 Å². The molecule has 0 fully saturated rings. The molecule has 0 saturated heterocycles. The van der Waals surface area contributed by atoms with Gasteiger partial charge in [-0.05, 0) is 53.9 Å². The zero-order chi connectivity index (χ0) is 24.5. The Morgan fingerprint density at radius 1 is 0.833 bits per heavy atom. The second-order valence-electron chi connectivity index (χ2n) is 9.28. The smallest absolute Gasteiger partial charge is 0.275 e. The molecule has 6 rings (SSSR count). The average molecular weight is 473 g/mol. The molecule has 0 aliphatic rings. The molecular formula is C31H28N4O. The van der Waals surface area contributed by atoms with Gasteiger partial charge in [-0.1, -0.05) is 72.8 Å². The van der Waals surface area contributed by atoms with Crippen LogP contribution in [0.5, 0.6) is 0 Å². The van der Waals surface area contributed by atoms with Gasteiger partial charge in [-0.15, -0.1) is 0 Å². The van der Waals surface area contributed by atoms with Crippen molar-refractivity contribution < 1.29 is 0 Å². The predicted molar refractivity (Wildman–Crippen MR) is 148 cm³/mol. The van der Waals surface area contributed by atoms with Crippen molar-refractivity contribution in [1.29, 1.82) is 0 Å². The van der Waals surface area contributed by atoms with Crippen molar-refractivity contribution in [3.05, 3.63) is 113 Å². The van der Waals surface area contributed by atoms with E-state index in [9.17, 15) is 4.79 Å².